The van der Waals surface area contributed by atoms with Gasteiger partial charge in [0, 0.05) is 30.3 Å². The molecule has 13 heteroatoms. The maximum Gasteiger partial charge on any atom is 0.410 e. The van der Waals surface area contributed by atoms with E-state index in [0.29, 0.717) is 23.4 Å². The van der Waals surface area contributed by atoms with Gasteiger partial charge < -0.3 is 19.8 Å². The van der Waals surface area contributed by atoms with Gasteiger partial charge in [-0.15, -0.1) is 10.2 Å². The average molecular weight is 595 g/mol. The first kappa shape index (κ1) is 29.1. The number of anilines is 1. The molecule has 42 heavy (non-hydrogen) atoms. The number of nitrogens with two attached hydrogens (primary N) is 1. The summed E-state index contributed by atoms with van der Waals surface area (Å²) in [6.07, 6.45) is -0.708. The zero-order valence-corrected chi connectivity index (χ0v) is 24.9. The van der Waals surface area contributed by atoms with E-state index in [1.54, 1.807) is 25.2 Å². The molecule has 2 N–H and O–H groups in total. The molecular weight excluding hydrogens is 563 g/mol. The van der Waals surface area contributed by atoms with E-state index < -0.39 is 32.5 Å². The third kappa shape index (κ3) is 5.20. The summed E-state index contributed by atoms with van der Waals surface area (Å²) < 4.78 is 50.4. The molecule has 0 bridgehead atoms. The predicted molar refractivity (Wildman–Crippen MR) is 153 cm³/mol. The van der Waals surface area contributed by atoms with E-state index in [4.69, 9.17) is 14.9 Å². The van der Waals surface area contributed by atoms with Gasteiger partial charge in [-0.2, -0.15) is 0 Å². The second kappa shape index (κ2) is 10.2. The normalized spacial score (nSPS) is 17.1. The lowest BCUT2D eigenvalue weighted by molar-refractivity contribution is 0.0285. The first-order chi connectivity index (χ1) is 19.6. The van der Waals surface area contributed by atoms with Crippen LogP contribution in [-0.4, -0.2) is 57.0 Å². The first-order valence-electron chi connectivity index (χ1n) is 13.1. The van der Waals surface area contributed by atoms with Crippen LogP contribution in [-0.2, 0) is 21.1 Å². The lowest BCUT2D eigenvalue weighted by Crippen LogP contribution is -2.33. The summed E-state index contributed by atoms with van der Waals surface area (Å²) >= 11 is 0. The summed E-state index contributed by atoms with van der Waals surface area (Å²) in [4.78, 5) is 22.4. The number of nitrogens with zero attached hydrogens (tertiary/aromatic N) is 5. The van der Waals surface area contributed by atoms with E-state index >= 15 is 4.39 Å². The lowest BCUT2D eigenvalue weighted by atomic mass is 9.98. The number of alkyl halides is 1. The van der Waals surface area contributed by atoms with Gasteiger partial charge in [0.2, 0.25) is 5.89 Å². The molecule has 0 radical (unpaired) electrons. The minimum Gasteiger partial charge on any atom is -0.444 e. The van der Waals surface area contributed by atoms with Crippen molar-refractivity contribution in [1.82, 2.24) is 25.1 Å². The quantitative estimate of drug-likeness (QED) is 0.318. The van der Waals surface area contributed by atoms with Crippen LogP contribution in [0.4, 0.5) is 15.0 Å². The Morgan fingerprint density at radius 2 is 1.74 bits per heavy atom. The number of carbonyl (C=O) groups is 1. The summed E-state index contributed by atoms with van der Waals surface area (Å²) in [6, 6.07) is 11.7. The van der Waals surface area contributed by atoms with Crippen molar-refractivity contribution in [2.45, 2.75) is 62.6 Å². The Hall–Kier alpha value is -4.39. The van der Waals surface area contributed by atoms with Crippen molar-refractivity contribution in [3.8, 4) is 34.3 Å². The number of rotatable bonds is 5. The van der Waals surface area contributed by atoms with Crippen LogP contribution < -0.4 is 5.73 Å². The standard InChI is InChI=1S/C29H31FN6O5S/c1-28(2,3)41-27(37)36(6)15-16-7-9-17(10-8-16)25-34-35-26(40-25)22-24(31)32-14-20(33-22)18-11-12-21-19(13-18)23(30)29(4,5)42(21,38)39/h7-14,23H,15H2,1-6H3,(H2,31,32)/t23-/m0/s1. The van der Waals surface area contributed by atoms with Crippen molar-refractivity contribution in [3.63, 3.8) is 0 Å². The Morgan fingerprint density at radius 1 is 1.10 bits per heavy atom. The number of carbonyl (C=O) groups excluding carboxylic acids is 1. The lowest BCUT2D eigenvalue weighted by Gasteiger charge is -2.24. The fraction of sp³-hybridized carbons (Fsp3) is 0.345. The summed E-state index contributed by atoms with van der Waals surface area (Å²) in [6.45, 7) is 8.52. The van der Waals surface area contributed by atoms with E-state index in [1.165, 1.54) is 37.1 Å². The number of sulfone groups is 1. The third-order valence-electron chi connectivity index (χ3n) is 6.93. The summed E-state index contributed by atoms with van der Waals surface area (Å²) in [5, 5.41) is 8.20. The molecule has 0 saturated heterocycles. The van der Waals surface area contributed by atoms with Crippen LogP contribution in [0.1, 0.15) is 51.9 Å². The van der Waals surface area contributed by atoms with Crippen LogP contribution in [0.2, 0.25) is 0 Å². The highest BCUT2D eigenvalue weighted by Crippen LogP contribution is 2.49. The molecule has 0 saturated carbocycles. The first-order valence-corrected chi connectivity index (χ1v) is 14.6. The Labute approximate surface area is 242 Å². The molecule has 1 amide bonds. The van der Waals surface area contributed by atoms with Gasteiger partial charge in [-0.3, -0.25) is 0 Å². The maximum absolute atomic E-state index is 15.1. The number of hydrogen-bond donors (Lipinski definition) is 1. The highest BCUT2D eigenvalue weighted by molar-refractivity contribution is 7.93. The molecule has 11 nitrogen and oxygen atoms in total. The zero-order valence-electron chi connectivity index (χ0n) is 24.0. The number of amides is 1. The molecule has 1 atom stereocenters. The second-order valence-electron chi connectivity index (χ2n) is 11.7. The van der Waals surface area contributed by atoms with Gasteiger partial charge in [-0.25, -0.2) is 27.6 Å². The molecule has 0 fully saturated rings. The topological polar surface area (TPSA) is 154 Å². The molecule has 1 aliphatic rings. The van der Waals surface area contributed by atoms with Crippen molar-refractivity contribution >= 4 is 21.7 Å². The fourth-order valence-electron chi connectivity index (χ4n) is 4.51. The van der Waals surface area contributed by atoms with Crippen molar-refractivity contribution in [2.75, 3.05) is 12.8 Å². The Kier molecular flexibility index (Phi) is 7.04. The van der Waals surface area contributed by atoms with Crippen LogP contribution in [0, 0.1) is 0 Å². The highest BCUT2D eigenvalue weighted by Gasteiger charge is 2.52. The summed E-state index contributed by atoms with van der Waals surface area (Å²) in [5.41, 5.74) is 8.00. The van der Waals surface area contributed by atoms with Crippen molar-refractivity contribution in [2.24, 2.45) is 0 Å². The molecule has 2 aromatic heterocycles. The molecule has 2 aromatic carbocycles. The fourth-order valence-corrected chi connectivity index (χ4v) is 6.19. The van der Waals surface area contributed by atoms with Gasteiger partial charge in [0.15, 0.2) is 21.3 Å². The molecule has 1 aliphatic heterocycles. The van der Waals surface area contributed by atoms with Crippen molar-refractivity contribution < 1.29 is 26.8 Å². The number of halogens is 1. The Bertz CT molecular complexity index is 1780. The molecule has 220 valence electrons. The average Bonchev–Trinajstić information content (AvgIpc) is 3.46. The van der Waals surface area contributed by atoms with Gasteiger partial charge in [0.1, 0.15) is 16.5 Å². The smallest absolute Gasteiger partial charge is 0.410 e. The van der Waals surface area contributed by atoms with E-state index in [2.05, 4.69) is 20.2 Å². The number of benzene rings is 2. The van der Waals surface area contributed by atoms with Crippen LogP contribution in [0.3, 0.4) is 0 Å². The highest BCUT2D eigenvalue weighted by atomic mass is 32.2. The second-order valence-corrected chi connectivity index (χ2v) is 14.2. The largest absolute Gasteiger partial charge is 0.444 e. The minimum atomic E-state index is -3.82. The van der Waals surface area contributed by atoms with E-state index in [9.17, 15) is 13.2 Å². The summed E-state index contributed by atoms with van der Waals surface area (Å²) in [7, 11) is -2.16. The summed E-state index contributed by atoms with van der Waals surface area (Å²) in [5.74, 6) is 0.287. The molecular formula is C29H31FN6O5S. The number of fused-ring (bicyclic) bond motifs is 1. The van der Waals surface area contributed by atoms with E-state index in [0.717, 1.165) is 5.56 Å². The Balaban J connectivity index is 1.37. The number of hydrogen-bond acceptors (Lipinski definition) is 10. The molecule has 0 unspecified atom stereocenters. The molecule has 3 heterocycles. The van der Waals surface area contributed by atoms with Crippen molar-refractivity contribution in [3.05, 3.63) is 59.8 Å². The van der Waals surface area contributed by atoms with Crippen molar-refractivity contribution in [1.29, 1.82) is 0 Å². The number of nitrogen functional groups attached to an aromatic ring is 1. The third-order valence-corrected chi connectivity index (χ3v) is 9.47. The van der Waals surface area contributed by atoms with Gasteiger partial charge >= 0.3 is 6.09 Å². The van der Waals surface area contributed by atoms with Gasteiger partial charge in [-0.05, 0) is 64.4 Å². The van der Waals surface area contributed by atoms with Crippen LogP contribution >= 0.6 is 0 Å². The minimum absolute atomic E-state index is 0.0267. The zero-order chi connectivity index (χ0) is 30.6. The SMILES string of the molecule is CN(Cc1ccc(-c2nnc(-c3nc(-c4ccc5c(c4)[C@H](F)C(C)(C)S5(=O)=O)cnc3N)o2)cc1)C(=O)OC(C)(C)C. The van der Waals surface area contributed by atoms with Gasteiger partial charge in [-0.1, -0.05) is 18.2 Å². The van der Waals surface area contributed by atoms with Gasteiger partial charge in [0.25, 0.3) is 5.89 Å². The molecule has 4 aromatic rings. The van der Waals surface area contributed by atoms with Crippen LogP contribution in [0.15, 0.2) is 58.0 Å². The van der Waals surface area contributed by atoms with E-state index in [-0.39, 0.29) is 33.8 Å². The molecule has 5 rings (SSSR count). The van der Waals surface area contributed by atoms with Crippen LogP contribution in [0.5, 0.6) is 0 Å². The van der Waals surface area contributed by atoms with Crippen LogP contribution in [0.25, 0.3) is 34.3 Å². The maximum atomic E-state index is 15.1. The molecule has 0 spiro atoms. The Morgan fingerprint density at radius 3 is 2.40 bits per heavy atom. The number of ether oxygens (including phenoxy) is 1. The monoisotopic (exact) mass is 594 g/mol. The predicted octanol–water partition coefficient (Wildman–Crippen LogP) is 5.39. The molecule has 0 aliphatic carbocycles. The number of aromatic nitrogens is 4. The van der Waals surface area contributed by atoms with E-state index in [1.807, 2.05) is 32.9 Å². The van der Waals surface area contributed by atoms with Gasteiger partial charge in [0.05, 0.1) is 16.8 Å².